The van der Waals surface area contributed by atoms with Gasteiger partial charge >= 0.3 is 5.97 Å². The predicted molar refractivity (Wildman–Crippen MR) is 151 cm³/mol. The fraction of sp³-hybridized carbons (Fsp3) is 0.242. The van der Waals surface area contributed by atoms with Crippen molar-refractivity contribution in [3.8, 4) is 11.5 Å². The Bertz CT molecular complexity index is 1240. The predicted octanol–water partition coefficient (Wildman–Crippen LogP) is 6.37. The molecule has 0 aliphatic heterocycles. The maximum absolute atomic E-state index is 11.1. The maximum Gasteiger partial charge on any atom is 0.307 e. The molecule has 1 unspecified atom stereocenters. The van der Waals surface area contributed by atoms with E-state index in [1.165, 1.54) is 11.1 Å². The van der Waals surface area contributed by atoms with E-state index in [4.69, 9.17) is 9.84 Å². The molecule has 5 nitrogen and oxygen atoms in total. The first-order valence-corrected chi connectivity index (χ1v) is 13.0. The minimum Gasteiger partial charge on any atom is -0.508 e. The largest absolute Gasteiger partial charge is 0.508 e. The maximum atomic E-state index is 11.1. The lowest BCUT2D eigenvalue weighted by molar-refractivity contribution is -0.136. The van der Waals surface area contributed by atoms with Gasteiger partial charge in [-0.2, -0.15) is 0 Å². The molecule has 1 atom stereocenters. The molecule has 4 aromatic rings. The number of carboxylic acids is 1. The van der Waals surface area contributed by atoms with E-state index in [0.29, 0.717) is 12.4 Å². The molecule has 0 amide bonds. The van der Waals surface area contributed by atoms with Crippen LogP contribution in [0.25, 0.3) is 0 Å². The van der Waals surface area contributed by atoms with Crippen molar-refractivity contribution in [2.75, 3.05) is 19.7 Å². The van der Waals surface area contributed by atoms with Crippen LogP contribution in [-0.4, -0.2) is 40.8 Å². The quantitative estimate of drug-likeness (QED) is 0.219. The third kappa shape index (κ3) is 8.22. The second kappa shape index (κ2) is 13.5. The molecule has 0 aromatic heterocycles. The fourth-order valence-electron chi connectivity index (χ4n) is 4.75. The molecule has 0 bridgehead atoms. The second-order valence-electron chi connectivity index (χ2n) is 9.87. The molecule has 0 saturated heterocycles. The van der Waals surface area contributed by atoms with Gasteiger partial charge in [0, 0.05) is 31.5 Å². The summed E-state index contributed by atoms with van der Waals surface area (Å²) in [5.41, 5.74) is 4.41. The molecule has 0 spiro atoms. The van der Waals surface area contributed by atoms with Crippen LogP contribution in [0.1, 0.15) is 35.1 Å². The minimum absolute atomic E-state index is 0.0203. The molecule has 4 aromatic carbocycles. The lowest BCUT2D eigenvalue weighted by atomic mass is 9.90. The number of carboxylic acid groups (broad SMARTS) is 1. The summed E-state index contributed by atoms with van der Waals surface area (Å²) in [5, 5.41) is 18.8. The van der Waals surface area contributed by atoms with Gasteiger partial charge in [0.1, 0.15) is 11.5 Å². The van der Waals surface area contributed by atoms with E-state index in [0.717, 1.165) is 30.8 Å². The van der Waals surface area contributed by atoms with Crippen LogP contribution in [0.5, 0.6) is 11.5 Å². The van der Waals surface area contributed by atoms with Gasteiger partial charge in [0.05, 0.1) is 13.0 Å². The third-order valence-electron chi connectivity index (χ3n) is 6.55. The first-order valence-electron chi connectivity index (χ1n) is 13.0. The Hall–Kier alpha value is -4.09. The molecular formula is C33H35NO4. The van der Waals surface area contributed by atoms with Gasteiger partial charge in [0.2, 0.25) is 0 Å². The first-order chi connectivity index (χ1) is 18.5. The van der Waals surface area contributed by atoms with Crippen molar-refractivity contribution in [3.05, 3.63) is 131 Å². The summed E-state index contributed by atoms with van der Waals surface area (Å²) in [5.74, 6) is 0.523. The van der Waals surface area contributed by atoms with E-state index in [-0.39, 0.29) is 24.0 Å². The highest BCUT2D eigenvalue weighted by Gasteiger charge is 2.20. The van der Waals surface area contributed by atoms with Gasteiger partial charge in [-0.15, -0.1) is 0 Å². The Morgan fingerprint density at radius 1 is 0.789 bits per heavy atom. The van der Waals surface area contributed by atoms with Crippen LogP contribution in [0.3, 0.4) is 0 Å². The summed E-state index contributed by atoms with van der Waals surface area (Å²) >= 11 is 0. The molecule has 0 fully saturated rings. The van der Waals surface area contributed by atoms with Crippen molar-refractivity contribution in [1.82, 2.24) is 4.90 Å². The zero-order chi connectivity index (χ0) is 26.7. The molecule has 5 heteroatoms. The summed E-state index contributed by atoms with van der Waals surface area (Å²) < 4.78 is 6.08. The zero-order valence-electron chi connectivity index (χ0n) is 21.7. The number of benzene rings is 4. The van der Waals surface area contributed by atoms with E-state index in [1.807, 2.05) is 36.4 Å². The molecule has 38 heavy (non-hydrogen) atoms. The number of hydrogen-bond donors (Lipinski definition) is 2. The highest BCUT2D eigenvalue weighted by Crippen LogP contribution is 2.27. The smallest absolute Gasteiger partial charge is 0.307 e. The monoisotopic (exact) mass is 509 g/mol. The van der Waals surface area contributed by atoms with Crippen molar-refractivity contribution in [3.63, 3.8) is 0 Å². The van der Waals surface area contributed by atoms with Crippen LogP contribution in [0, 0.1) is 5.92 Å². The van der Waals surface area contributed by atoms with Crippen LogP contribution in [0.2, 0.25) is 0 Å². The Morgan fingerprint density at radius 3 is 2.03 bits per heavy atom. The first kappa shape index (κ1) is 27.0. The normalized spacial score (nSPS) is 12.0. The van der Waals surface area contributed by atoms with Crippen molar-refractivity contribution in [2.24, 2.45) is 5.92 Å². The number of phenols is 1. The summed E-state index contributed by atoms with van der Waals surface area (Å²) in [6.07, 6.45) is -0.0203. The van der Waals surface area contributed by atoms with E-state index in [9.17, 15) is 9.90 Å². The van der Waals surface area contributed by atoms with Crippen molar-refractivity contribution >= 4 is 5.97 Å². The van der Waals surface area contributed by atoms with Crippen molar-refractivity contribution < 1.29 is 19.7 Å². The standard InChI is InChI=1S/C33H35NO4/c1-25(24-38-31-14-8-9-27(19-31)20-33(36)37)21-34(22-26-15-17-30(35)18-16-26)23-32(28-10-4-2-5-11-28)29-12-6-3-7-13-29/h2-19,25,32,35H,20-24H2,1H3,(H,36,37). The van der Waals surface area contributed by atoms with Crippen LogP contribution >= 0.6 is 0 Å². The fourth-order valence-corrected chi connectivity index (χ4v) is 4.75. The molecule has 0 radical (unpaired) electrons. The van der Waals surface area contributed by atoms with Crippen LogP contribution in [0.4, 0.5) is 0 Å². The van der Waals surface area contributed by atoms with E-state index >= 15 is 0 Å². The molecule has 0 aliphatic rings. The summed E-state index contributed by atoms with van der Waals surface area (Å²) in [6, 6.07) is 35.9. The Kier molecular flexibility index (Phi) is 9.54. The molecule has 0 heterocycles. The number of hydrogen-bond acceptors (Lipinski definition) is 4. The lowest BCUT2D eigenvalue weighted by Crippen LogP contribution is -2.34. The summed E-state index contributed by atoms with van der Waals surface area (Å²) in [4.78, 5) is 13.5. The highest BCUT2D eigenvalue weighted by atomic mass is 16.5. The number of rotatable bonds is 13. The third-order valence-corrected chi connectivity index (χ3v) is 6.55. The SMILES string of the molecule is CC(COc1cccc(CC(=O)O)c1)CN(Cc1ccc(O)cc1)CC(c1ccccc1)c1ccccc1. The van der Waals surface area contributed by atoms with Crippen LogP contribution in [-0.2, 0) is 17.8 Å². The summed E-state index contributed by atoms with van der Waals surface area (Å²) in [6.45, 7) is 5.07. The Labute approximate surface area is 225 Å². The van der Waals surface area contributed by atoms with Crippen molar-refractivity contribution in [2.45, 2.75) is 25.8 Å². The second-order valence-corrected chi connectivity index (χ2v) is 9.87. The topological polar surface area (TPSA) is 70.0 Å². The number of aliphatic carboxylic acids is 1. The van der Waals surface area contributed by atoms with E-state index < -0.39 is 5.97 Å². The van der Waals surface area contributed by atoms with Gasteiger partial charge in [-0.25, -0.2) is 0 Å². The average molecular weight is 510 g/mol. The van der Waals surface area contributed by atoms with Gasteiger partial charge in [0.25, 0.3) is 0 Å². The van der Waals surface area contributed by atoms with Gasteiger partial charge in [-0.1, -0.05) is 91.9 Å². The van der Waals surface area contributed by atoms with Gasteiger partial charge in [-0.3, -0.25) is 9.69 Å². The lowest BCUT2D eigenvalue weighted by Gasteiger charge is -2.30. The van der Waals surface area contributed by atoms with Crippen LogP contribution < -0.4 is 4.74 Å². The Balaban J connectivity index is 1.50. The number of nitrogens with zero attached hydrogens (tertiary/aromatic N) is 1. The van der Waals surface area contributed by atoms with E-state index in [1.54, 1.807) is 24.3 Å². The van der Waals surface area contributed by atoms with Gasteiger partial charge in [0.15, 0.2) is 0 Å². The highest BCUT2D eigenvalue weighted by molar-refractivity contribution is 5.70. The minimum atomic E-state index is -0.855. The number of ether oxygens (including phenoxy) is 1. The van der Waals surface area contributed by atoms with Gasteiger partial charge in [-0.05, 0) is 46.5 Å². The Morgan fingerprint density at radius 2 is 1.42 bits per heavy atom. The van der Waals surface area contributed by atoms with Crippen molar-refractivity contribution in [1.29, 1.82) is 0 Å². The zero-order valence-corrected chi connectivity index (χ0v) is 21.7. The molecular weight excluding hydrogens is 474 g/mol. The number of phenolic OH excluding ortho intramolecular Hbond substituents is 1. The summed E-state index contributed by atoms with van der Waals surface area (Å²) in [7, 11) is 0. The molecule has 2 N–H and O–H groups in total. The van der Waals surface area contributed by atoms with Crippen LogP contribution in [0.15, 0.2) is 109 Å². The molecule has 0 aliphatic carbocycles. The average Bonchev–Trinajstić information content (AvgIpc) is 2.92. The number of carbonyl (C=O) groups is 1. The number of aromatic hydroxyl groups is 1. The molecule has 196 valence electrons. The van der Waals surface area contributed by atoms with E-state index in [2.05, 4.69) is 60.4 Å². The van der Waals surface area contributed by atoms with Gasteiger partial charge < -0.3 is 14.9 Å². The molecule has 0 saturated carbocycles. The molecule has 4 rings (SSSR count).